The van der Waals surface area contributed by atoms with Crippen molar-refractivity contribution in [3.8, 4) is 11.8 Å². The minimum Gasteiger partial charge on any atom is -0.497 e. The molecule has 0 N–H and O–H groups in total. The number of ether oxygens (including phenoxy) is 1. The lowest BCUT2D eigenvalue weighted by molar-refractivity contribution is 0.196. The van der Waals surface area contributed by atoms with E-state index in [1.165, 1.54) is 0 Å². The van der Waals surface area contributed by atoms with E-state index in [0.29, 0.717) is 0 Å². The molecule has 0 aromatic heterocycles. The van der Waals surface area contributed by atoms with Crippen molar-refractivity contribution in [2.45, 2.75) is 18.5 Å². The van der Waals surface area contributed by atoms with Gasteiger partial charge in [0.2, 0.25) is 0 Å². The van der Waals surface area contributed by atoms with Gasteiger partial charge in [-0.25, -0.2) is 0 Å². The number of nitrogens with zero attached hydrogens (tertiary/aromatic N) is 3. The molecule has 0 aliphatic carbocycles. The molecule has 0 radical (unpaired) electrons. The molecule has 4 heteroatoms. The summed E-state index contributed by atoms with van der Waals surface area (Å²) in [5.74, 6) is 0.773. The van der Waals surface area contributed by atoms with E-state index in [1.807, 2.05) is 65.7 Å². The molecule has 3 aromatic carbocycles. The van der Waals surface area contributed by atoms with Crippen molar-refractivity contribution in [1.29, 1.82) is 5.26 Å². The minimum absolute atomic E-state index is 0.0168. The van der Waals surface area contributed by atoms with E-state index in [9.17, 15) is 5.26 Å². The lowest BCUT2D eigenvalue weighted by Gasteiger charge is -2.28. The van der Waals surface area contributed by atoms with E-state index in [-0.39, 0.29) is 6.04 Å². The number of hydrogen-bond acceptors (Lipinski definition) is 4. The first-order valence-corrected chi connectivity index (χ1v) is 9.30. The number of rotatable bonds is 5. The van der Waals surface area contributed by atoms with Crippen LogP contribution in [0.3, 0.4) is 0 Å². The van der Waals surface area contributed by atoms with E-state index in [4.69, 9.17) is 9.84 Å². The highest BCUT2D eigenvalue weighted by atomic mass is 16.5. The van der Waals surface area contributed by atoms with Crippen LogP contribution in [0.15, 0.2) is 90.0 Å². The molecule has 0 saturated heterocycles. The van der Waals surface area contributed by atoms with E-state index in [1.54, 1.807) is 7.11 Å². The highest BCUT2D eigenvalue weighted by Crippen LogP contribution is 2.39. The number of nitriles is 1. The standard InChI is InChI=1S/C24H21N3O/c1-28-21-14-12-20(13-15-21)24(17-25)27-23(19-10-6-3-7-11-19)16-22(26-27)18-8-4-2-5-9-18/h2-15,23-24H,16H2,1H3. The molecular weight excluding hydrogens is 346 g/mol. The summed E-state index contributed by atoms with van der Waals surface area (Å²) in [6.07, 6.45) is 0.766. The summed E-state index contributed by atoms with van der Waals surface area (Å²) in [6.45, 7) is 0. The Balaban J connectivity index is 1.74. The monoisotopic (exact) mass is 367 g/mol. The summed E-state index contributed by atoms with van der Waals surface area (Å²) in [4.78, 5) is 0. The number of hydrazone groups is 1. The zero-order valence-corrected chi connectivity index (χ0v) is 15.7. The van der Waals surface area contributed by atoms with Gasteiger partial charge in [-0.3, -0.25) is 5.01 Å². The summed E-state index contributed by atoms with van der Waals surface area (Å²) in [5.41, 5.74) is 4.16. The van der Waals surface area contributed by atoms with Crippen molar-refractivity contribution >= 4 is 5.71 Å². The van der Waals surface area contributed by atoms with Gasteiger partial charge in [0.15, 0.2) is 6.04 Å². The maximum absolute atomic E-state index is 10.00. The molecule has 0 fully saturated rings. The first kappa shape index (κ1) is 17.8. The summed E-state index contributed by atoms with van der Waals surface area (Å²) in [7, 11) is 1.64. The highest BCUT2D eigenvalue weighted by molar-refractivity contribution is 6.01. The molecule has 0 saturated carbocycles. The predicted molar refractivity (Wildman–Crippen MR) is 110 cm³/mol. The van der Waals surface area contributed by atoms with Gasteiger partial charge in [-0.1, -0.05) is 72.8 Å². The Morgan fingerprint density at radius 2 is 1.61 bits per heavy atom. The van der Waals surface area contributed by atoms with Crippen molar-refractivity contribution < 1.29 is 4.74 Å². The Morgan fingerprint density at radius 1 is 0.964 bits per heavy atom. The van der Waals surface area contributed by atoms with Crippen LogP contribution in [0.25, 0.3) is 0 Å². The maximum Gasteiger partial charge on any atom is 0.159 e. The van der Waals surface area contributed by atoms with Crippen LogP contribution in [-0.4, -0.2) is 17.8 Å². The topological polar surface area (TPSA) is 48.6 Å². The van der Waals surface area contributed by atoms with E-state index < -0.39 is 6.04 Å². The Morgan fingerprint density at radius 3 is 2.21 bits per heavy atom. The predicted octanol–water partition coefficient (Wildman–Crippen LogP) is 5.11. The van der Waals surface area contributed by atoms with Gasteiger partial charge in [0, 0.05) is 6.42 Å². The van der Waals surface area contributed by atoms with Gasteiger partial charge >= 0.3 is 0 Å². The molecule has 138 valence electrons. The highest BCUT2D eigenvalue weighted by Gasteiger charge is 2.34. The van der Waals surface area contributed by atoms with Crippen LogP contribution in [0, 0.1) is 11.3 Å². The van der Waals surface area contributed by atoms with Crippen molar-refractivity contribution in [3.63, 3.8) is 0 Å². The molecule has 0 amide bonds. The quantitative estimate of drug-likeness (QED) is 0.629. The minimum atomic E-state index is -0.475. The molecule has 0 bridgehead atoms. The second-order valence-electron chi connectivity index (χ2n) is 6.73. The van der Waals surface area contributed by atoms with Crippen LogP contribution >= 0.6 is 0 Å². The van der Waals surface area contributed by atoms with Gasteiger partial charge in [-0.05, 0) is 28.8 Å². The fourth-order valence-corrected chi connectivity index (χ4v) is 3.59. The fourth-order valence-electron chi connectivity index (χ4n) is 3.59. The molecule has 1 aliphatic heterocycles. The maximum atomic E-state index is 10.00. The van der Waals surface area contributed by atoms with E-state index in [0.717, 1.165) is 34.6 Å². The third-order valence-electron chi connectivity index (χ3n) is 5.05. The Labute approximate surface area is 165 Å². The van der Waals surface area contributed by atoms with Gasteiger partial charge in [-0.15, -0.1) is 0 Å². The van der Waals surface area contributed by atoms with Gasteiger partial charge in [0.05, 0.1) is 24.9 Å². The summed E-state index contributed by atoms with van der Waals surface area (Å²) < 4.78 is 5.25. The number of benzene rings is 3. The second-order valence-corrected chi connectivity index (χ2v) is 6.73. The molecule has 1 aliphatic rings. The first-order valence-electron chi connectivity index (χ1n) is 9.30. The van der Waals surface area contributed by atoms with Gasteiger partial charge < -0.3 is 4.74 Å². The SMILES string of the molecule is COc1ccc(C(C#N)N2N=C(c3ccccc3)CC2c2ccccc2)cc1. The lowest BCUT2D eigenvalue weighted by atomic mass is 9.97. The third kappa shape index (κ3) is 3.47. The number of methoxy groups -OCH3 is 1. The van der Waals surface area contributed by atoms with Crippen molar-refractivity contribution in [1.82, 2.24) is 5.01 Å². The Bertz CT molecular complexity index is 992. The van der Waals surface area contributed by atoms with E-state index in [2.05, 4.69) is 30.3 Å². The van der Waals surface area contributed by atoms with Crippen molar-refractivity contribution in [3.05, 3.63) is 102 Å². The third-order valence-corrected chi connectivity index (χ3v) is 5.05. The fraction of sp³-hybridized carbons (Fsp3) is 0.167. The molecule has 28 heavy (non-hydrogen) atoms. The van der Waals surface area contributed by atoms with Crippen LogP contribution in [0.1, 0.15) is 35.2 Å². The first-order chi connectivity index (χ1) is 13.8. The van der Waals surface area contributed by atoms with Crippen LogP contribution in [0.5, 0.6) is 5.75 Å². The van der Waals surface area contributed by atoms with Crippen LogP contribution in [0.2, 0.25) is 0 Å². The van der Waals surface area contributed by atoms with Gasteiger partial charge in [-0.2, -0.15) is 10.4 Å². The molecule has 4 rings (SSSR count). The van der Waals surface area contributed by atoms with Crippen LogP contribution in [-0.2, 0) is 0 Å². The summed E-state index contributed by atoms with van der Waals surface area (Å²) >= 11 is 0. The van der Waals surface area contributed by atoms with Crippen molar-refractivity contribution in [2.24, 2.45) is 5.10 Å². The van der Waals surface area contributed by atoms with Crippen molar-refractivity contribution in [2.75, 3.05) is 7.11 Å². The lowest BCUT2D eigenvalue weighted by Crippen LogP contribution is -2.24. The Hall–Kier alpha value is -3.58. The molecule has 1 heterocycles. The molecule has 2 atom stereocenters. The molecule has 0 spiro atoms. The zero-order valence-electron chi connectivity index (χ0n) is 15.7. The zero-order chi connectivity index (χ0) is 19.3. The molecule has 2 unspecified atom stereocenters. The van der Waals surface area contributed by atoms with Crippen LogP contribution in [0.4, 0.5) is 0 Å². The van der Waals surface area contributed by atoms with Crippen LogP contribution < -0.4 is 4.74 Å². The largest absolute Gasteiger partial charge is 0.497 e. The second kappa shape index (κ2) is 7.98. The average Bonchev–Trinajstić information content (AvgIpc) is 3.21. The average molecular weight is 367 g/mol. The number of hydrogen-bond donors (Lipinski definition) is 0. The van der Waals surface area contributed by atoms with Gasteiger partial charge in [0.1, 0.15) is 5.75 Å². The summed E-state index contributed by atoms with van der Waals surface area (Å²) in [5, 5.41) is 16.8. The normalized spacial score (nSPS) is 16.9. The van der Waals surface area contributed by atoms with Gasteiger partial charge in [0.25, 0.3) is 0 Å². The Kier molecular flexibility index (Phi) is 5.07. The molecular formula is C24H21N3O. The molecule has 4 nitrogen and oxygen atoms in total. The van der Waals surface area contributed by atoms with E-state index >= 15 is 0 Å². The smallest absolute Gasteiger partial charge is 0.159 e. The molecule has 3 aromatic rings. The summed E-state index contributed by atoms with van der Waals surface area (Å²) in [6, 6.07) is 30.1.